The number of ether oxygens (including phenoxy) is 1. The normalized spacial score (nSPS) is 22.4. The summed E-state index contributed by atoms with van der Waals surface area (Å²) < 4.78 is 32.2. The molecule has 1 unspecified atom stereocenters. The van der Waals surface area contributed by atoms with Crippen molar-refractivity contribution in [1.29, 1.82) is 0 Å². The largest absolute Gasteiger partial charge is 0.443 e. The summed E-state index contributed by atoms with van der Waals surface area (Å²) in [5.74, 6) is 0.212. The van der Waals surface area contributed by atoms with E-state index in [-0.39, 0.29) is 5.75 Å². The van der Waals surface area contributed by atoms with Crippen LogP contribution in [-0.4, -0.2) is 73.8 Å². The quantitative estimate of drug-likeness (QED) is 0.728. The number of H-pyrrole nitrogens is 1. The van der Waals surface area contributed by atoms with E-state index in [1.165, 1.54) is 0 Å². The summed E-state index contributed by atoms with van der Waals surface area (Å²) in [5.41, 5.74) is 0. The van der Waals surface area contributed by atoms with Crippen LogP contribution in [0.1, 0.15) is 19.3 Å². The predicted molar refractivity (Wildman–Crippen MR) is 88.2 cm³/mol. The number of piperidine rings is 1. The summed E-state index contributed by atoms with van der Waals surface area (Å²) >= 11 is 0. The third-order valence-electron chi connectivity index (χ3n) is 4.59. The highest BCUT2D eigenvalue weighted by Crippen LogP contribution is 2.24. The molecule has 2 aliphatic rings. The lowest BCUT2D eigenvalue weighted by molar-refractivity contribution is 0.138. The van der Waals surface area contributed by atoms with Crippen LogP contribution < -0.4 is 10.7 Å². The van der Waals surface area contributed by atoms with Crippen LogP contribution in [-0.2, 0) is 14.6 Å². The fraction of sp³-hybridized carbons (Fsp3) is 0.786. The zero-order chi connectivity index (χ0) is 18.0. The average molecular weight is 374 g/mol. The Morgan fingerprint density at radius 2 is 2.00 bits per heavy atom. The molecule has 3 rings (SSSR count). The van der Waals surface area contributed by atoms with E-state index in [9.17, 15) is 18.0 Å². The van der Waals surface area contributed by atoms with Gasteiger partial charge < -0.3 is 14.5 Å². The van der Waals surface area contributed by atoms with Gasteiger partial charge in [0.15, 0.2) is 9.84 Å². The van der Waals surface area contributed by atoms with Crippen LogP contribution in [0.2, 0.25) is 0 Å². The molecule has 1 aromatic heterocycles. The highest BCUT2D eigenvalue weighted by molar-refractivity contribution is 7.90. The molecule has 0 spiro atoms. The van der Waals surface area contributed by atoms with Crippen molar-refractivity contribution in [2.45, 2.75) is 25.4 Å². The first-order valence-corrected chi connectivity index (χ1v) is 10.3. The summed E-state index contributed by atoms with van der Waals surface area (Å²) in [6.45, 7) is 2.40. The van der Waals surface area contributed by atoms with Crippen LogP contribution in [0.4, 0.5) is 10.7 Å². The number of carbonyl (C=O) groups is 1. The second-order valence-corrected chi connectivity index (χ2v) is 8.87. The van der Waals surface area contributed by atoms with Crippen LogP contribution >= 0.6 is 0 Å². The molecule has 1 N–H and O–H groups in total. The maximum Gasteiger partial charge on any atom is 0.440 e. The molecular weight excluding hydrogens is 352 g/mol. The molecule has 140 valence electrons. The molecule has 0 aromatic carbocycles. The number of aromatic nitrogens is 2. The van der Waals surface area contributed by atoms with Gasteiger partial charge in [0.25, 0.3) is 0 Å². The van der Waals surface area contributed by atoms with Crippen LogP contribution in [0.25, 0.3) is 0 Å². The third-order valence-corrected chi connectivity index (χ3v) is 5.57. The van der Waals surface area contributed by atoms with E-state index >= 15 is 0 Å². The van der Waals surface area contributed by atoms with Gasteiger partial charge in [0.1, 0.15) is 6.10 Å². The smallest absolute Gasteiger partial charge is 0.440 e. The van der Waals surface area contributed by atoms with Crippen LogP contribution in [0.15, 0.2) is 9.32 Å². The van der Waals surface area contributed by atoms with Gasteiger partial charge in [-0.3, -0.25) is 9.51 Å². The van der Waals surface area contributed by atoms with E-state index < -0.39 is 27.8 Å². The van der Waals surface area contributed by atoms with Crippen molar-refractivity contribution in [2.24, 2.45) is 5.92 Å². The number of anilines is 1. The molecule has 2 saturated heterocycles. The second kappa shape index (κ2) is 7.06. The zero-order valence-electron chi connectivity index (χ0n) is 14.0. The van der Waals surface area contributed by atoms with Gasteiger partial charge in [-0.2, -0.15) is 0 Å². The van der Waals surface area contributed by atoms with Crippen LogP contribution in [0.3, 0.4) is 0 Å². The Labute approximate surface area is 145 Å². The van der Waals surface area contributed by atoms with Crippen LogP contribution in [0, 0.1) is 5.92 Å². The molecule has 2 fully saturated rings. The lowest BCUT2D eigenvalue weighted by Crippen LogP contribution is -2.36. The summed E-state index contributed by atoms with van der Waals surface area (Å²) in [7, 11) is -3.17. The Bertz CT molecular complexity index is 764. The standard InChI is InChI=1S/C14H22N4O6S/c1-25(21,22)9-11-8-18(14(20)23-11)7-4-10-2-5-17(6-3-10)12-15-13(19)24-16-12/h10-11H,2-9H2,1H3,(H,15,16,19). The summed E-state index contributed by atoms with van der Waals surface area (Å²) in [6.07, 6.45) is 2.80. The van der Waals surface area contributed by atoms with Crippen molar-refractivity contribution >= 4 is 21.9 Å². The molecule has 25 heavy (non-hydrogen) atoms. The molecule has 10 nitrogen and oxygen atoms in total. The molecule has 0 aliphatic carbocycles. The second-order valence-electron chi connectivity index (χ2n) is 6.68. The summed E-state index contributed by atoms with van der Waals surface area (Å²) in [5, 5.41) is 3.69. The summed E-state index contributed by atoms with van der Waals surface area (Å²) in [4.78, 5) is 28.9. The number of sulfone groups is 1. The lowest BCUT2D eigenvalue weighted by Gasteiger charge is -2.31. The molecule has 1 amide bonds. The van der Waals surface area contributed by atoms with Gasteiger partial charge in [-0.15, -0.1) is 0 Å². The first-order chi connectivity index (χ1) is 11.8. The maximum atomic E-state index is 11.8. The number of amides is 1. The fourth-order valence-electron chi connectivity index (χ4n) is 3.31. The molecule has 11 heteroatoms. The van der Waals surface area contributed by atoms with Gasteiger partial charge in [0.2, 0.25) is 5.95 Å². The lowest BCUT2D eigenvalue weighted by atomic mass is 9.93. The summed E-state index contributed by atoms with van der Waals surface area (Å²) in [6, 6.07) is 0. The highest BCUT2D eigenvalue weighted by Gasteiger charge is 2.33. The van der Waals surface area contributed by atoms with Gasteiger partial charge in [-0.25, -0.2) is 18.0 Å². The number of rotatable bonds is 6. The topological polar surface area (TPSA) is 126 Å². The minimum atomic E-state index is -3.17. The maximum absolute atomic E-state index is 11.8. The molecule has 1 aromatic rings. The molecule has 0 radical (unpaired) electrons. The van der Waals surface area contributed by atoms with Gasteiger partial charge in [-0.05, 0) is 30.3 Å². The van der Waals surface area contributed by atoms with E-state index in [1.54, 1.807) is 4.90 Å². The highest BCUT2D eigenvalue weighted by atomic mass is 32.2. The Balaban J connectivity index is 1.42. The number of cyclic esters (lactones) is 1. The molecule has 3 heterocycles. The Morgan fingerprint density at radius 3 is 2.60 bits per heavy atom. The van der Waals surface area contributed by atoms with E-state index in [1.807, 2.05) is 4.90 Å². The first-order valence-electron chi connectivity index (χ1n) is 8.24. The SMILES string of the molecule is CS(=O)(=O)CC1CN(CCC2CCN(c3noc(=O)[nH]3)CC2)C(=O)O1. The number of nitrogens with zero attached hydrogens (tertiary/aromatic N) is 3. The van der Waals surface area contributed by atoms with E-state index in [4.69, 9.17) is 4.74 Å². The van der Waals surface area contributed by atoms with E-state index in [2.05, 4.69) is 14.7 Å². The van der Waals surface area contributed by atoms with E-state index in [0.29, 0.717) is 25.0 Å². The molecule has 1 atom stereocenters. The number of hydrogen-bond donors (Lipinski definition) is 1. The number of nitrogens with one attached hydrogen (secondary N) is 1. The minimum absolute atomic E-state index is 0.135. The minimum Gasteiger partial charge on any atom is -0.443 e. The zero-order valence-corrected chi connectivity index (χ0v) is 14.8. The van der Waals surface area contributed by atoms with Gasteiger partial charge in [-0.1, -0.05) is 0 Å². The predicted octanol–water partition coefficient (Wildman–Crippen LogP) is -0.165. The van der Waals surface area contributed by atoms with Crippen LogP contribution in [0.5, 0.6) is 0 Å². The Morgan fingerprint density at radius 1 is 1.28 bits per heavy atom. The molecule has 0 saturated carbocycles. The van der Waals surface area contributed by atoms with Gasteiger partial charge in [0.05, 0.1) is 12.3 Å². The monoisotopic (exact) mass is 374 g/mol. The van der Waals surface area contributed by atoms with Crippen molar-refractivity contribution < 1.29 is 22.5 Å². The van der Waals surface area contributed by atoms with Gasteiger partial charge >= 0.3 is 11.8 Å². The van der Waals surface area contributed by atoms with E-state index in [0.717, 1.165) is 38.6 Å². The Hall–Kier alpha value is -2.04. The van der Waals surface area contributed by atoms with Gasteiger partial charge in [0, 0.05) is 25.9 Å². The fourth-order valence-corrected chi connectivity index (χ4v) is 4.16. The molecule has 2 aliphatic heterocycles. The van der Waals surface area contributed by atoms with Crippen molar-refractivity contribution in [1.82, 2.24) is 15.0 Å². The van der Waals surface area contributed by atoms with Crippen molar-refractivity contribution in [3.05, 3.63) is 10.6 Å². The molecule has 0 bridgehead atoms. The first kappa shape index (κ1) is 17.8. The third kappa shape index (κ3) is 4.74. The van der Waals surface area contributed by atoms with Crippen molar-refractivity contribution in [3.8, 4) is 0 Å². The number of carbonyl (C=O) groups excluding carboxylic acids is 1. The average Bonchev–Trinajstić information content (AvgIpc) is 3.10. The number of hydrogen-bond acceptors (Lipinski definition) is 8. The molecular formula is C14H22N4O6S. The van der Waals surface area contributed by atoms with Crippen molar-refractivity contribution in [2.75, 3.05) is 43.1 Å². The number of aromatic amines is 1. The Kier molecular flexibility index (Phi) is 5.02. The van der Waals surface area contributed by atoms with Crippen molar-refractivity contribution in [3.63, 3.8) is 0 Å².